The third-order valence-corrected chi connectivity index (χ3v) is 6.44. The summed E-state index contributed by atoms with van der Waals surface area (Å²) < 4.78 is 36.4. The largest absolute Gasteiger partial charge is 0.495 e. The van der Waals surface area contributed by atoms with Gasteiger partial charge in [0.15, 0.2) is 0 Å². The van der Waals surface area contributed by atoms with Gasteiger partial charge < -0.3 is 4.74 Å². The van der Waals surface area contributed by atoms with E-state index in [0.717, 1.165) is 10.9 Å². The van der Waals surface area contributed by atoms with Gasteiger partial charge in [-0.3, -0.25) is 9.12 Å². The Kier molecular flexibility index (Phi) is 4.56. The number of ether oxygens (including phenoxy) is 1. The molecule has 1 N–H and O–H groups in total. The van der Waals surface area contributed by atoms with Gasteiger partial charge in [0.25, 0.3) is 10.0 Å². The highest BCUT2D eigenvalue weighted by Gasteiger charge is 2.20. The van der Waals surface area contributed by atoms with Crippen LogP contribution in [0.25, 0.3) is 27.8 Å². The Morgan fingerprint density at radius 2 is 1.84 bits per heavy atom. The van der Waals surface area contributed by atoms with Crippen molar-refractivity contribution in [1.29, 1.82) is 0 Å². The second-order valence-electron chi connectivity index (χ2n) is 6.95. The monoisotopic (exact) mass is 430 g/mol. The molecule has 2 heterocycles. The van der Waals surface area contributed by atoms with E-state index in [1.165, 1.54) is 7.11 Å². The maximum Gasteiger partial charge on any atom is 0.262 e. The van der Waals surface area contributed by atoms with E-state index < -0.39 is 10.0 Å². The quantitative estimate of drug-likeness (QED) is 0.448. The van der Waals surface area contributed by atoms with E-state index in [1.807, 2.05) is 48.8 Å². The van der Waals surface area contributed by atoms with Gasteiger partial charge in [0.2, 0.25) is 5.78 Å². The molecule has 0 atom stereocenters. The van der Waals surface area contributed by atoms with Crippen molar-refractivity contribution in [1.82, 2.24) is 14.4 Å². The molecule has 5 aromatic rings. The predicted molar refractivity (Wildman–Crippen MR) is 120 cm³/mol. The van der Waals surface area contributed by atoms with Crippen LogP contribution in [0.3, 0.4) is 0 Å². The molecule has 0 aliphatic carbocycles. The minimum atomic E-state index is -3.86. The van der Waals surface area contributed by atoms with Crippen LogP contribution in [-0.4, -0.2) is 29.9 Å². The van der Waals surface area contributed by atoms with Gasteiger partial charge in [-0.25, -0.2) is 18.4 Å². The molecule has 0 radical (unpaired) electrons. The molecule has 8 heteroatoms. The lowest BCUT2D eigenvalue weighted by atomic mass is 10.1. The molecular weight excluding hydrogens is 412 g/mol. The molecule has 5 rings (SSSR count). The maximum absolute atomic E-state index is 13.3. The fourth-order valence-corrected chi connectivity index (χ4v) is 4.84. The minimum Gasteiger partial charge on any atom is -0.495 e. The summed E-state index contributed by atoms with van der Waals surface area (Å²) in [5.74, 6) is 0.973. The van der Waals surface area contributed by atoms with Crippen LogP contribution in [-0.2, 0) is 10.0 Å². The first-order valence-electron chi connectivity index (χ1n) is 9.54. The topological polar surface area (TPSA) is 85.6 Å². The molecule has 0 bridgehead atoms. The molecule has 2 aromatic heterocycles. The molecule has 3 aromatic carbocycles. The van der Waals surface area contributed by atoms with Gasteiger partial charge in [0.1, 0.15) is 5.75 Å². The summed E-state index contributed by atoms with van der Waals surface area (Å²) in [6.07, 6.45) is 5.36. The first-order chi connectivity index (χ1) is 15.0. The van der Waals surface area contributed by atoms with Crippen LogP contribution in [0, 0.1) is 0 Å². The second kappa shape index (κ2) is 7.41. The number of sulfonamides is 1. The maximum atomic E-state index is 13.3. The van der Waals surface area contributed by atoms with Crippen LogP contribution in [0.1, 0.15) is 0 Å². The van der Waals surface area contributed by atoms with Gasteiger partial charge in [0, 0.05) is 29.5 Å². The summed E-state index contributed by atoms with van der Waals surface area (Å²) in [5, 5.41) is 1.50. The van der Waals surface area contributed by atoms with Crippen LogP contribution < -0.4 is 9.46 Å². The molecule has 0 saturated heterocycles. The Morgan fingerprint density at radius 1 is 1.00 bits per heavy atom. The van der Waals surface area contributed by atoms with Gasteiger partial charge >= 0.3 is 0 Å². The van der Waals surface area contributed by atoms with Crippen LogP contribution >= 0.6 is 0 Å². The Bertz CT molecular complexity index is 1490. The number of benzene rings is 3. The van der Waals surface area contributed by atoms with E-state index in [-0.39, 0.29) is 4.90 Å². The summed E-state index contributed by atoms with van der Waals surface area (Å²) in [7, 11) is -2.36. The van der Waals surface area contributed by atoms with E-state index in [0.29, 0.717) is 28.3 Å². The lowest BCUT2D eigenvalue weighted by Gasteiger charge is -2.14. The molecule has 0 fully saturated rings. The van der Waals surface area contributed by atoms with Crippen molar-refractivity contribution in [3.05, 3.63) is 85.3 Å². The highest BCUT2D eigenvalue weighted by molar-refractivity contribution is 7.93. The molecular formula is C23H18N4O3S. The van der Waals surface area contributed by atoms with E-state index in [9.17, 15) is 8.42 Å². The van der Waals surface area contributed by atoms with Crippen molar-refractivity contribution >= 4 is 32.3 Å². The average molecular weight is 430 g/mol. The molecule has 7 nitrogen and oxygen atoms in total. The number of methoxy groups -OCH3 is 1. The first-order valence-corrected chi connectivity index (χ1v) is 11.0. The minimum absolute atomic E-state index is 0.204. The highest BCUT2D eigenvalue weighted by Crippen LogP contribution is 2.33. The lowest BCUT2D eigenvalue weighted by Crippen LogP contribution is -2.14. The zero-order valence-electron chi connectivity index (χ0n) is 16.6. The number of nitrogens with one attached hydrogen (secondary N) is 1. The Labute approximate surface area is 179 Å². The van der Waals surface area contributed by atoms with Crippen molar-refractivity contribution in [3.63, 3.8) is 0 Å². The van der Waals surface area contributed by atoms with Crippen molar-refractivity contribution in [2.75, 3.05) is 11.8 Å². The summed E-state index contributed by atoms with van der Waals surface area (Å²) in [4.78, 5) is 8.94. The molecule has 0 amide bonds. The van der Waals surface area contributed by atoms with Gasteiger partial charge in [-0.1, -0.05) is 36.4 Å². The fraction of sp³-hybridized carbons (Fsp3) is 0.0435. The summed E-state index contributed by atoms with van der Waals surface area (Å²) in [5.41, 5.74) is 1.74. The van der Waals surface area contributed by atoms with Gasteiger partial charge in [-0.15, -0.1) is 0 Å². The van der Waals surface area contributed by atoms with Crippen LogP contribution in [0.4, 0.5) is 5.69 Å². The van der Waals surface area contributed by atoms with Crippen molar-refractivity contribution in [3.8, 4) is 17.0 Å². The van der Waals surface area contributed by atoms with Crippen LogP contribution in [0.5, 0.6) is 5.75 Å². The van der Waals surface area contributed by atoms with E-state index in [1.54, 1.807) is 40.9 Å². The zero-order valence-corrected chi connectivity index (χ0v) is 17.4. The summed E-state index contributed by atoms with van der Waals surface area (Å²) >= 11 is 0. The third kappa shape index (κ3) is 3.47. The number of nitrogens with zero attached hydrogens (tertiary/aromatic N) is 3. The zero-order chi connectivity index (χ0) is 21.4. The second-order valence-corrected chi connectivity index (χ2v) is 8.60. The molecule has 154 valence electrons. The first kappa shape index (κ1) is 19.1. The number of imidazole rings is 1. The van der Waals surface area contributed by atoms with E-state index >= 15 is 0 Å². The fourth-order valence-electron chi connectivity index (χ4n) is 3.55. The number of hydrogen-bond donors (Lipinski definition) is 1. The van der Waals surface area contributed by atoms with Gasteiger partial charge in [-0.05, 0) is 35.7 Å². The smallest absolute Gasteiger partial charge is 0.262 e. The number of fused-ring (bicyclic) bond motifs is 2. The molecule has 31 heavy (non-hydrogen) atoms. The van der Waals surface area contributed by atoms with Gasteiger partial charge in [-0.2, -0.15) is 0 Å². The van der Waals surface area contributed by atoms with Crippen molar-refractivity contribution in [2.45, 2.75) is 4.90 Å². The number of aromatic nitrogens is 3. The normalized spacial score (nSPS) is 11.6. The number of rotatable bonds is 5. The highest BCUT2D eigenvalue weighted by atomic mass is 32.2. The molecule has 0 saturated carbocycles. The standard InChI is InChI=1S/C23H18N4O3S/c1-30-21-11-10-17(20-15-27-13-5-12-24-23(27)25-20)14-19(21)26-31(28,29)22-9-4-7-16-6-2-3-8-18(16)22/h2-15,26H,1H3. The SMILES string of the molecule is COc1ccc(-c2cn3cccnc3n2)cc1NS(=O)(=O)c1cccc2ccccc12. The Morgan fingerprint density at radius 3 is 2.68 bits per heavy atom. The van der Waals surface area contributed by atoms with Crippen LogP contribution in [0.2, 0.25) is 0 Å². The average Bonchev–Trinajstić information content (AvgIpc) is 3.23. The number of hydrogen-bond acceptors (Lipinski definition) is 5. The van der Waals surface area contributed by atoms with Gasteiger partial charge in [0.05, 0.1) is 23.4 Å². The molecule has 0 spiro atoms. The van der Waals surface area contributed by atoms with Crippen LogP contribution in [0.15, 0.2) is 90.2 Å². The van der Waals surface area contributed by atoms with Crippen molar-refractivity contribution < 1.29 is 13.2 Å². The molecule has 0 aliphatic heterocycles. The lowest BCUT2D eigenvalue weighted by molar-refractivity contribution is 0.417. The molecule has 0 aliphatic rings. The predicted octanol–water partition coefficient (Wildman–Crippen LogP) is 4.36. The van der Waals surface area contributed by atoms with Crippen molar-refractivity contribution in [2.24, 2.45) is 0 Å². The number of anilines is 1. The van der Waals surface area contributed by atoms with E-state index in [4.69, 9.17) is 4.74 Å². The summed E-state index contributed by atoms with van der Waals surface area (Å²) in [6, 6.07) is 19.6. The molecule has 0 unspecified atom stereocenters. The van der Waals surface area contributed by atoms with E-state index in [2.05, 4.69) is 14.7 Å². The summed E-state index contributed by atoms with van der Waals surface area (Å²) in [6.45, 7) is 0. The Hall–Kier alpha value is -3.91. The third-order valence-electron chi connectivity index (χ3n) is 5.01. The Balaban J connectivity index is 1.58.